The van der Waals surface area contributed by atoms with Crippen LogP contribution in [0.1, 0.15) is 45.1 Å². The first-order valence-electron chi connectivity index (χ1n) is 8.03. The van der Waals surface area contributed by atoms with Crippen LogP contribution in [0.3, 0.4) is 0 Å². The first kappa shape index (κ1) is 15.9. The summed E-state index contributed by atoms with van der Waals surface area (Å²) < 4.78 is 5.62. The van der Waals surface area contributed by atoms with Crippen LogP contribution < -0.4 is 5.32 Å². The molecule has 1 saturated carbocycles. The lowest BCUT2D eigenvalue weighted by Gasteiger charge is -2.31. The van der Waals surface area contributed by atoms with Crippen LogP contribution >= 0.6 is 0 Å². The molecule has 0 heterocycles. The Bertz CT molecular complexity index is 462. The summed E-state index contributed by atoms with van der Waals surface area (Å²) in [5.74, 6) is 1.25. The molecule has 0 saturated heterocycles. The fourth-order valence-corrected chi connectivity index (χ4v) is 3.28. The van der Waals surface area contributed by atoms with Gasteiger partial charge in [0.05, 0.1) is 6.42 Å². The van der Waals surface area contributed by atoms with Gasteiger partial charge < -0.3 is 10.1 Å². The third-order valence-electron chi connectivity index (χ3n) is 4.22. The summed E-state index contributed by atoms with van der Waals surface area (Å²) in [6.07, 6.45) is 3.83. The molecule has 116 valence electrons. The fourth-order valence-electron chi connectivity index (χ4n) is 3.28. The predicted molar refractivity (Wildman–Crippen MR) is 86.3 cm³/mol. The summed E-state index contributed by atoms with van der Waals surface area (Å²) in [5, 5.41) is 3.30. The quantitative estimate of drug-likeness (QED) is 0.827. The molecule has 1 fully saturated rings. The lowest BCUT2D eigenvalue weighted by atomic mass is 9.82. The number of carbonyl (C=O) groups excluding carboxylic acids is 1. The van der Waals surface area contributed by atoms with Crippen LogP contribution in [0.2, 0.25) is 0 Å². The molecule has 0 spiro atoms. The largest absolute Gasteiger partial charge is 0.462 e. The maximum atomic E-state index is 11.9. The van der Waals surface area contributed by atoms with E-state index in [1.54, 1.807) is 0 Å². The second-order valence-electron chi connectivity index (χ2n) is 6.52. The summed E-state index contributed by atoms with van der Waals surface area (Å²) >= 11 is 0. The Hall–Kier alpha value is -1.51. The van der Waals surface area contributed by atoms with Crippen LogP contribution in [0.25, 0.3) is 0 Å². The Labute approximate surface area is 128 Å². The molecule has 1 aliphatic rings. The van der Waals surface area contributed by atoms with Crippen molar-refractivity contribution in [3.05, 3.63) is 29.8 Å². The standard InChI is InChI=1S/C18H27NO2/c1-13-10-14(2)12-16(11-13)21-18(20)8-9-19-17-7-5-4-6-15(17)3/h4-7,13-14,16,19H,8-12H2,1-3H3. The Kier molecular flexibility index (Phi) is 5.66. The third kappa shape index (κ3) is 5.07. The second kappa shape index (κ2) is 7.48. The van der Waals surface area contributed by atoms with Gasteiger partial charge in [-0.05, 0) is 49.7 Å². The number of benzene rings is 1. The Balaban J connectivity index is 1.71. The fraction of sp³-hybridized carbons (Fsp3) is 0.611. The lowest BCUT2D eigenvalue weighted by Crippen LogP contribution is -2.29. The van der Waals surface area contributed by atoms with Crippen molar-refractivity contribution in [1.82, 2.24) is 0 Å². The van der Waals surface area contributed by atoms with Crippen molar-refractivity contribution in [3.63, 3.8) is 0 Å². The average Bonchev–Trinajstić information content (AvgIpc) is 2.39. The van der Waals surface area contributed by atoms with Gasteiger partial charge in [-0.15, -0.1) is 0 Å². The topological polar surface area (TPSA) is 38.3 Å². The molecule has 1 aromatic rings. The van der Waals surface area contributed by atoms with Crippen LogP contribution in [0.4, 0.5) is 5.69 Å². The van der Waals surface area contributed by atoms with Gasteiger partial charge in [-0.3, -0.25) is 4.79 Å². The van der Waals surface area contributed by atoms with E-state index >= 15 is 0 Å². The smallest absolute Gasteiger partial charge is 0.307 e. The van der Waals surface area contributed by atoms with E-state index in [0.29, 0.717) is 24.8 Å². The number of anilines is 1. The number of aryl methyl sites for hydroxylation is 1. The number of rotatable bonds is 5. The monoisotopic (exact) mass is 289 g/mol. The van der Waals surface area contributed by atoms with Gasteiger partial charge in [0.15, 0.2) is 0 Å². The molecule has 1 aliphatic carbocycles. The summed E-state index contributed by atoms with van der Waals surface area (Å²) in [6.45, 7) is 7.18. The number of hydrogen-bond donors (Lipinski definition) is 1. The zero-order valence-electron chi connectivity index (χ0n) is 13.4. The molecule has 0 amide bonds. The number of carbonyl (C=O) groups is 1. The zero-order chi connectivity index (χ0) is 15.2. The molecule has 0 aromatic heterocycles. The van der Waals surface area contributed by atoms with Gasteiger partial charge in [-0.1, -0.05) is 32.0 Å². The molecule has 3 heteroatoms. The SMILES string of the molecule is Cc1ccccc1NCCC(=O)OC1CC(C)CC(C)C1. The minimum absolute atomic E-state index is 0.0811. The van der Waals surface area contributed by atoms with E-state index < -0.39 is 0 Å². The van der Waals surface area contributed by atoms with E-state index in [2.05, 4.69) is 32.2 Å². The maximum Gasteiger partial charge on any atom is 0.307 e. The summed E-state index contributed by atoms with van der Waals surface area (Å²) in [4.78, 5) is 11.9. The van der Waals surface area contributed by atoms with E-state index in [0.717, 1.165) is 18.5 Å². The van der Waals surface area contributed by atoms with Gasteiger partial charge in [0.2, 0.25) is 0 Å². The van der Waals surface area contributed by atoms with E-state index in [-0.39, 0.29) is 12.1 Å². The number of hydrogen-bond acceptors (Lipinski definition) is 3. The molecule has 2 unspecified atom stereocenters. The summed E-state index contributed by atoms with van der Waals surface area (Å²) in [6, 6.07) is 8.11. The number of nitrogens with one attached hydrogen (secondary N) is 1. The number of para-hydroxylation sites is 1. The molecule has 1 aromatic carbocycles. The van der Waals surface area contributed by atoms with Gasteiger partial charge >= 0.3 is 5.97 Å². The molecule has 0 radical (unpaired) electrons. The van der Waals surface area contributed by atoms with E-state index in [9.17, 15) is 4.79 Å². The van der Waals surface area contributed by atoms with Crippen molar-refractivity contribution in [3.8, 4) is 0 Å². The first-order valence-corrected chi connectivity index (χ1v) is 8.03. The van der Waals surface area contributed by atoms with Gasteiger partial charge in [-0.25, -0.2) is 0 Å². The van der Waals surface area contributed by atoms with Gasteiger partial charge in [0, 0.05) is 12.2 Å². The summed E-state index contributed by atoms with van der Waals surface area (Å²) in [7, 11) is 0. The minimum atomic E-state index is -0.0811. The molecular formula is C18H27NO2. The van der Waals surface area contributed by atoms with Crippen molar-refractivity contribution in [2.75, 3.05) is 11.9 Å². The predicted octanol–water partition coefficient (Wildman–Crippen LogP) is 4.16. The lowest BCUT2D eigenvalue weighted by molar-refractivity contribution is -0.151. The van der Waals surface area contributed by atoms with Gasteiger partial charge in [-0.2, -0.15) is 0 Å². The van der Waals surface area contributed by atoms with Crippen molar-refractivity contribution in [1.29, 1.82) is 0 Å². The van der Waals surface area contributed by atoms with E-state index in [1.165, 1.54) is 12.0 Å². The van der Waals surface area contributed by atoms with Crippen LogP contribution in [-0.2, 0) is 9.53 Å². The molecule has 1 N–H and O–H groups in total. The third-order valence-corrected chi connectivity index (χ3v) is 4.22. The van der Waals surface area contributed by atoms with Gasteiger partial charge in [0.1, 0.15) is 6.10 Å². The Morgan fingerprint density at radius 2 is 1.86 bits per heavy atom. The Morgan fingerprint density at radius 3 is 2.52 bits per heavy atom. The van der Waals surface area contributed by atoms with Crippen molar-refractivity contribution < 1.29 is 9.53 Å². The molecule has 2 atom stereocenters. The molecule has 2 rings (SSSR count). The normalized spacial score (nSPS) is 25.4. The number of esters is 1. The van der Waals surface area contributed by atoms with Crippen LogP contribution in [-0.4, -0.2) is 18.6 Å². The Morgan fingerprint density at radius 1 is 1.19 bits per heavy atom. The highest BCUT2D eigenvalue weighted by atomic mass is 16.5. The van der Waals surface area contributed by atoms with Crippen molar-refractivity contribution in [2.45, 2.75) is 52.6 Å². The molecule has 0 aliphatic heterocycles. The molecule has 0 bridgehead atoms. The zero-order valence-corrected chi connectivity index (χ0v) is 13.4. The minimum Gasteiger partial charge on any atom is -0.462 e. The van der Waals surface area contributed by atoms with Gasteiger partial charge in [0.25, 0.3) is 0 Å². The van der Waals surface area contributed by atoms with Crippen LogP contribution in [0.15, 0.2) is 24.3 Å². The molecular weight excluding hydrogens is 262 g/mol. The maximum absolute atomic E-state index is 11.9. The summed E-state index contributed by atoms with van der Waals surface area (Å²) in [5.41, 5.74) is 2.28. The highest BCUT2D eigenvalue weighted by Gasteiger charge is 2.26. The highest BCUT2D eigenvalue weighted by molar-refractivity contribution is 5.70. The van der Waals surface area contributed by atoms with Crippen LogP contribution in [0, 0.1) is 18.8 Å². The molecule has 3 nitrogen and oxygen atoms in total. The highest BCUT2D eigenvalue weighted by Crippen LogP contribution is 2.30. The van der Waals surface area contributed by atoms with E-state index in [4.69, 9.17) is 4.74 Å². The average molecular weight is 289 g/mol. The van der Waals surface area contributed by atoms with Crippen molar-refractivity contribution >= 4 is 11.7 Å². The number of ether oxygens (including phenoxy) is 1. The van der Waals surface area contributed by atoms with Crippen molar-refractivity contribution in [2.24, 2.45) is 11.8 Å². The second-order valence-corrected chi connectivity index (χ2v) is 6.52. The van der Waals surface area contributed by atoms with E-state index in [1.807, 2.05) is 18.2 Å². The molecule has 21 heavy (non-hydrogen) atoms. The first-order chi connectivity index (χ1) is 10.0. The van der Waals surface area contributed by atoms with Crippen LogP contribution in [0.5, 0.6) is 0 Å².